The summed E-state index contributed by atoms with van der Waals surface area (Å²) in [4.78, 5) is 0. The van der Waals surface area contributed by atoms with E-state index in [0.717, 1.165) is 18.2 Å². The van der Waals surface area contributed by atoms with Crippen LogP contribution < -0.4 is 0 Å². The largest absolute Gasteiger partial charge is 0.265 e. The van der Waals surface area contributed by atoms with Gasteiger partial charge in [0.15, 0.2) is 0 Å². The molecular weight excluding hydrogens is 167 g/mol. The molecule has 0 saturated carbocycles. The van der Waals surface area contributed by atoms with Crippen molar-refractivity contribution in [3.05, 3.63) is 35.1 Å². The van der Waals surface area contributed by atoms with Gasteiger partial charge in [0.05, 0.1) is 5.56 Å². The van der Waals surface area contributed by atoms with Crippen LogP contribution in [0.15, 0.2) is 18.2 Å². The molecule has 4 heteroatoms. The molecule has 1 rings (SSSR count). The molecule has 0 atom stereocenters. The fraction of sp³-hybridized carbons (Fsp3) is 0.125. The van der Waals surface area contributed by atoms with Gasteiger partial charge < -0.3 is 0 Å². The molecule has 0 aromatic heterocycles. The van der Waals surface area contributed by atoms with Crippen LogP contribution in [0.1, 0.15) is 17.6 Å². The molecule has 0 amide bonds. The molecule has 1 aromatic rings. The highest BCUT2D eigenvalue weighted by atomic mass is 19.3. The summed E-state index contributed by atoms with van der Waals surface area (Å²) in [6.45, 7) is 0. The Morgan fingerprint density at radius 1 is 1.33 bits per heavy atom. The Labute approximate surface area is 67.1 Å². The van der Waals surface area contributed by atoms with Gasteiger partial charge in [-0.3, -0.25) is 0 Å². The van der Waals surface area contributed by atoms with Gasteiger partial charge in [0, 0.05) is 5.56 Å². The standard InChI is InChI=1S/C8H4F3N/c9-7-3-1-2-5(8(10)11)6(7)4-12/h1-3,8H. The van der Waals surface area contributed by atoms with Crippen molar-refractivity contribution in [2.75, 3.05) is 0 Å². The van der Waals surface area contributed by atoms with Crippen LogP contribution in [-0.2, 0) is 0 Å². The zero-order valence-corrected chi connectivity index (χ0v) is 5.89. The Balaban J connectivity index is 3.30. The first kappa shape index (κ1) is 8.60. The molecule has 0 saturated heterocycles. The molecule has 0 bridgehead atoms. The van der Waals surface area contributed by atoms with Gasteiger partial charge in [-0.05, 0) is 6.07 Å². The van der Waals surface area contributed by atoms with Crippen molar-refractivity contribution in [2.45, 2.75) is 6.43 Å². The Morgan fingerprint density at radius 3 is 2.42 bits per heavy atom. The van der Waals surface area contributed by atoms with Crippen LogP contribution in [0.5, 0.6) is 0 Å². The van der Waals surface area contributed by atoms with E-state index in [4.69, 9.17) is 5.26 Å². The molecular formula is C8H4F3N. The summed E-state index contributed by atoms with van der Waals surface area (Å²) in [5.74, 6) is -0.907. The molecule has 0 aliphatic carbocycles. The maximum Gasteiger partial charge on any atom is 0.265 e. The first-order chi connectivity index (χ1) is 5.66. The lowest BCUT2D eigenvalue weighted by Crippen LogP contribution is -1.93. The monoisotopic (exact) mass is 171 g/mol. The van der Waals surface area contributed by atoms with Crippen LogP contribution in [0.2, 0.25) is 0 Å². The lowest BCUT2D eigenvalue weighted by Gasteiger charge is -2.01. The second-order valence-electron chi connectivity index (χ2n) is 2.12. The molecule has 1 aromatic carbocycles. The van der Waals surface area contributed by atoms with Gasteiger partial charge in [-0.1, -0.05) is 12.1 Å². The number of hydrogen-bond acceptors (Lipinski definition) is 1. The highest BCUT2D eigenvalue weighted by Gasteiger charge is 2.15. The second kappa shape index (κ2) is 3.26. The summed E-state index contributed by atoms with van der Waals surface area (Å²) in [6, 6.07) is 4.55. The number of benzene rings is 1. The quantitative estimate of drug-likeness (QED) is 0.637. The van der Waals surface area contributed by atoms with Crippen molar-refractivity contribution in [3.63, 3.8) is 0 Å². The molecule has 12 heavy (non-hydrogen) atoms. The summed E-state index contributed by atoms with van der Waals surface area (Å²) in [5.41, 5.74) is -1.13. The molecule has 0 radical (unpaired) electrons. The predicted octanol–water partition coefficient (Wildman–Crippen LogP) is 2.63. The summed E-state index contributed by atoms with van der Waals surface area (Å²) in [7, 11) is 0. The summed E-state index contributed by atoms with van der Waals surface area (Å²) in [5, 5.41) is 8.32. The molecule has 0 spiro atoms. The van der Waals surface area contributed by atoms with Gasteiger partial charge in [0.2, 0.25) is 0 Å². The zero-order chi connectivity index (χ0) is 9.14. The number of nitriles is 1. The third kappa shape index (κ3) is 1.40. The van der Waals surface area contributed by atoms with Crippen molar-refractivity contribution < 1.29 is 13.2 Å². The van der Waals surface area contributed by atoms with Crippen molar-refractivity contribution >= 4 is 0 Å². The van der Waals surface area contributed by atoms with Crippen LogP contribution in [0.4, 0.5) is 13.2 Å². The fourth-order valence-electron chi connectivity index (χ4n) is 0.841. The van der Waals surface area contributed by atoms with E-state index in [1.54, 1.807) is 0 Å². The molecule has 0 heterocycles. The van der Waals surface area contributed by atoms with E-state index in [1.165, 1.54) is 6.07 Å². The van der Waals surface area contributed by atoms with E-state index in [1.807, 2.05) is 0 Å². The van der Waals surface area contributed by atoms with Crippen molar-refractivity contribution in [1.29, 1.82) is 5.26 Å². The average Bonchev–Trinajstić information content (AvgIpc) is 2.03. The lowest BCUT2D eigenvalue weighted by molar-refractivity contribution is 0.150. The average molecular weight is 171 g/mol. The number of halogens is 3. The highest BCUT2D eigenvalue weighted by molar-refractivity contribution is 5.39. The first-order valence-corrected chi connectivity index (χ1v) is 3.13. The normalized spacial score (nSPS) is 9.92. The smallest absolute Gasteiger partial charge is 0.206 e. The summed E-state index contributed by atoms with van der Waals surface area (Å²) >= 11 is 0. The van der Waals surface area contributed by atoms with E-state index in [-0.39, 0.29) is 0 Å². The number of rotatable bonds is 1. The Bertz CT molecular complexity index is 328. The SMILES string of the molecule is N#Cc1c(F)cccc1C(F)F. The topological polar surface area (TPSA) is 23.8 Å². The first-order valence-electron chi connectivity index (χ1n) is 3.13. The minimum atomic E-state index is -2.81. The Kier molecular flexibility index (Phi) is 2.34. The Morgan fingerprint density at radius 2 is 2.00 bits per heavy atom. The maximum atomic E-state index is 12.7. The van der Waals surface area contributed by atoms with E-state index in [9.17, 15) is 13.2 Å². The Hall–Kier alpha value is -1.50. The van der Waals surface area contributed by atoms with Gasteiger partial charge in [-0.2, -0.15) is 5.26 Å². The third-order valence-electron chi connectivity index (χ3n) is 1.39. The predicted molar refractivity (Wildman–Crippen MR) is 36.1 cm³/mol. The van der Waals surface area contributed by atoms with Gasteiger partial charge in [-0.15, -0.1) is 0 Å². The van der Waals surface area contributed by atoms with E-state index in [2.05, 4.69) is 0 Å². The van der Waals surface area contributed by atoms with E-state index >= 15 is 0 Å². The number of alkyl halides is 2. The molecule has 0 unspecified atom stereocenters. The van der Waals surface area contributed by atoms with Gasteiger partial charge in [-0.25, -0.2) is 13.2 Å². The van der Waals surface area contributed by atoms with Crippen LogP contribution in [0.3, 0.4) is 0 Å². The molecule has 1 nitrogen and oxygen atoms in total. The van der Waals surface area contributed by atoms with E-state index < -0.39 is 23.4 Å². The van der Waals surface area contributed by atoms with E-state index in [0.29, 0.717) is 0 Å². The van der Waals surface area contributed by atoms with Gasteiger partial charge in [0.25, 0.3) is 6.43 Å². The minimum absolute atomic E-state index is 0.558. The number of nitrogens with zero attached hydrogens (tertiary/aromatic N) is 1. The van der Waals surface area contributed by atoms with Crippen LogP contribution in [0.25, 0.3) is 0 Å². The van der Waals surface area contributed by atoms with Crippen molar-refractivity contribution in [2.24, 2.45) is 0 Å². The van der Waals surface area contributed by atoms with Crippen molar-refractivity contribution in [3.8, 4) is 6.07 Å². The molecule has 0 N–H and O–H groups in total. The molecule has 62 valence electrons. The summed E-state index contributed by atoms with van der Waals surface area (Å²) < 4.78 is 36.8. The molecule has 0 fully saturated rings. The van der Waals surface area contributed by atoms with Gasteiger partial charge >= 0.3 is 0 Å². The maximum absolute atomic E-state index is 12.7. The van der Waals surface area contributed by atoms with Crippen molar-refractivity contribution in [1.82, 2.24) is 0 Å². The lowest BCUT2D eigenvalue weighted by atomic mass is 10.1. The highest BCUT2D eigenvalue weighted by Crippen LogP contribution is 2.23. The van der Waals surface area contributed by atoms with Crippen LogP contribution >= 0.6 is 0 Å². The summed E-state index contributed by atoms with van der Waals surface area (Å²) in [6.07, 6.45) is -2.81. The number of hydrogen-bond donors (Lipinski definition) is 0. The fourth-order valence-corrected chi connectivity index (χ4v) is 0.841. The minimum Gasteiger partial charge on any atom is -0.206 e. The van der Waals surface area contributed by atoms with Gasteiger partial charge in [0.1, 0.15) is 11.9 Å². The van der Waals surface area contributed by atoms with Crippen LogP contribution in [-0.4, -0.2) is 0 Å². The zero-order valence-electron chi connectivity index (χ0n) is 5.89. The molecule has 0 aliphatic rings. The van der Waals surface area contributed by atoms with Crippen LogP contribution in [0, 0.1) is 17.1 Å². The molecule has 0 aliphatic heterocycles. The second-order valence-corrected chi connectivity index (χ2v) is 2.12. The third-order valence-corrected chi connectivity index (χ3v) is 1.39.